The second-order valence-electron chi connectivity index (χ2n) is 3.12. The third-order valence-electron chi connectivity index (χ3n) is 2.23. The molecule has 0 amide bonds. The van der Waals surface area contributed by atoms with Crippen molar-refractivity contribution in [1.29, 1.82) is 0 Å². The van der Waals surface area contributed by atoms with Gasteiger partial charge in [0.2, 0.25) is 0 Å². The van der Waals surface area contributed by atoms with Crippen molar-refractivity contribution in [2.75, 3.05) is 0 Å². The summed E-state index contributed by atoms with van der Waals surface area (Å²) in [5.74, 6) is 1.03. The van der Waals surface area contributed by atoms with E-state index in [0.29, 0.717) is 5.75 Å². The number of nitrogens with zero attached hydrogens (tertiary/aromatic N) is 1. The van der Waals surface area contributed by atoms with Crippen LogP contribution < -0.4 is 0 Å². The molecular formula is C10H11NOS. The molecular weight excluding hydrogens is 182 g/mol. The highest BCUT2D eigenvalue weighted by atomic mass is 32.1. The highest BCUT2D eigenvalue weighted by molar-refractivity contribution is 7.79. The molecule has 0 spiro atoms. The van der Waals surface area contributed by atoms with Crippen molar-refractivity contribution in [2.45, 2.75) is 5.75 Å². The lowest BCUT2D eigenvalue weighted by atomic mass is 10.2. The Bertz CT molecular complexity index is 447. The Labute approximate surface area is 82.2 Å². The largest absolute Gasteiger partial charge is 0.508 e. The summed E-state index contributed by atoms with van der Waals surface area (Å²) in [6, 6.07) is 5.40. The average Bonchev–Trinajstić information content (AvgIpc) is 2.43. The fourth-order valence-corrected chi connectivity index (χ4v) is 1.83. The highest BCUT2D eigenvalue weighted by Gasteiger charge is 2.04. The first-order valence-corrected chi connectivity index (χ1v) is 4.73. The molecule has 0 aliphatic rings. The molecule has 0 fully saturated rings. The lowest BCUT2D eigenvalue weighted by Gasteiger charge is -1.96. The van der Waals surface area contributed by atoms with E-state index < -0.39 is 0 Å². The zero-order valence-electron chi connectivity index (χ0n) is 7.36. The molecule has 0 saturated heterocycles. The minimum atomic E-state index is 0.305. The van der Waals surface area contributed by atoms with Gasteiger partial charge in [-0.3, -0.25) is 0 Å². The molecule has 0 saturated carbocycles. The van der Waals surface area contributed by atoms with E-state index in [-0.39, 0.29) is 0 Å². The summed E-state index contributed by atoms with van der Waals surface area (Å²) in [4.78, 5) is 0. The number of thiol groups is 1. The molecule has 0 unspecified atom stereocenters. The van der Waals surface area contributed by atoms with E-state index in [1.54, 1.807) is 12.1 Å². The first-order valence-electron chi connectivity index (χ1n) is 4.10. The van der Waals surface area contributed by atoms with E-state index in [2.05, 4.69) is 12.6 Å². The normalized spacial score (nSPS) is 10.9. The van der Waals surface area contributed by atoms with Crippen molar-refractivity contribution in [3.8, 4) is 5.75 Å². The van der Waals surface area contributed by atoms with Crippen LogP contribution >= 0.6 is 12.6 Å². The minimum Gasteiger partial charge on any atom is -0.508 e. The molecule has 1 N–H and O–H groups in total. The van der Waals surface area contributed by atoms with Crippen LogP contribution in [0.15, 0.2) is 24.4 Å². The van der Waals surface area contributed by atoms with Crippen LogP contribution in [-0.2, 0) is 12.8 Å². The van der Waals surface area contributed by atoms with E-state index in [9.17, 15) is 5.11 Å². The third-order valence-corrected chi connectivity index (χ3v) is 2.57. The minimum absolute atomic E-state index is 0.305. The fourth-order valence-electron chi connectivity index (χ4n) is 1.58. The van der Waals surface area contributed by atoms with E-state index in [4.69, 9.17) is 0 Å². The SMILES string of the molecule is Cn1cc(CS)c2ccc(O)cc21. The molecule has 1 aromatic carbocycles. The maximum absolute atomic E-state index is 9.30. The Morgan fingerprint density at radius 3 is 2.92 bits per heavy atom. The van der Waals surface area contributed by atoms with Gasteiger partial charge in [-0.15, -0.1) is 0 Å². The smallest absolute Gasteiger partial charge is 0.117 e. The quantitative estimate of drug-likeness (QED) is 0.668. The molecule has 13 heavy (non-hydrogen) atoms. The van der Waals surface area contributed by atoms with Crippen LogP contribution in [0.25, 0.3) is 10.9 Å². The van der Waals surface area contributed by atoms with Crippen LogP contribution in [0.1, 0.15) is 5.56 Å². The van der Waals surface area contributed by atoms with E-state index in [1.165, 1.54) is 5.56 Å². The standard InChI is InChI=1S/C10H11NOS/c1-11-5-7(6-13)9-3-2-8(12)4-10(9)11/h2-5,12-13H,6H2,1H3. The second kappa shape index (κ2) is 3.00. The first kappa shape index (κ1) is 8.51. The molecule has 1 aromatic heterocycles. The lowest BCUT2D eigenvalue weighted by Crippen LogP contribution is -1.82. The van der Waals surface area contributed by atoms with Crippen molar-refractivity contribution in [2.24, 2.45) is 7.05 Å². The number of fused-ring (bicyclic) bond motifs is 1. The van der Waals surface area contributed by atoms with Crippen LogP contribution in [0.2, 0.25) is 0 Å². The average molecular weight is 193 g/mol. The van der Waals surface area contributed by atoms with Gasteiger partial charge in [-0.25, -0.2) is 0 Å². The number of aryl methyl sites for hydroxylation is 1. The van der Waals surface area contributed by atoms with Gasteiger partial charge in [0.25, 0.3) is 0 Å². The van der Waals surface area contributed by atoms with Gasteiger partial charge in [0.05, 0.1) is 5.52 Å². The first-order chi connectivity index (χ1) is 6.22. The van der Waals surface area contributed by atoms with Crippen LogP contribution in [-0.4, -0.2) is 9.67 Å². The molecule has 0 aliphatic carbocycles. The maximum Gasteiger partial charge on any atom is 0.117 e. The van der Waals surface area contributed by atoms with Gasteiger partial charge in [-0.1, -0.05) is 0 Å². The molecule has 2 nitrogen and oxygen atoms in total. The summed E-state index contributed by atoms with van der Waals surface area (Å²) in [5, 5.41) is 10.5. The number of phenolic OH excluding ortho intramolecular Hbond substituents is 1. The maximum atomic E-state index is 9.30. The molecule has 3 heteroatoms. The summed E-state index contributed by atoms with van der Waals surface area (Å²) in [6.45, 7) is 0. The van der Waals surface area contributed by atoms with Crippen molar-refractivity contribution < 1.29 is 5.11 Å². The zero-order valence-corrected chi connectivity index (χ0v) is 8.25. The zero-order chi connectivity index (χ0) is 9.42. The van der Waals surface area contributed by atoms with Crippen LogP contribution in [0.3, 0.4) is 0 Å². The Kier molecular flexibility index (Phi) is 1.96. The summed E-state index contributed by atoms with van der Waals surface area (Å²) >= 11 is 4.25. The third kappa shape index (κ3) is 1.29. The number of phenols is 1. The number of hydrogen-bond acceptors (Lipinski definition) is 2. The molecule has 0 bridgehead atoms. The predicted molar refractivity (Wildman–Crippen MR) is 57.3 cm³/mol. The van der Waals surface area contributed by atoms with Crippen molar-refractivity contribution in [3.63, 3.8) is 0 Å². The number of aromatic nitrogens is 1. The van der Waals surface area contributed by atoms with E-state index in [0.717, 1.165) is 16.7 Å². The van der Waals surface area contributed by atoms with Gasteiger partial charge >= 0.3 is 0 Å². The molecule has 2 rings (SSSR count). The van der Waals surface area contributed by atoms with Gasteiger partial charge in [0.1, 0.15) is 5.75 Å². The molecule has 0 aliphatic heterocycles. The summed E-state index contributed by atoms with van der Waals surface area (Å²) in [5.41, 5.74) is 2.24. The van der Waals surface area contributed by atoms with E-state index >= 15 is 0 Å². The number of benzene rings is 1. The van der Waals surface area contributed by atoms with Gasteiger partial charge in [0, 0.05) is 30.4 Å². The van der Waals surface area contributed by atoms with Gasteiger partial charge in [-0.2, -0.15) is 12.6 Å². The van der Waals surface area contributed by atoms with Crippen molar-refractivity contribution in [3.05, 3.63) is 30.0 Å². The van der Waals surface area contributed by atoms with Crippen molar-refractivity contribution >= 4 is 23.5 Å². The fraction of sp³-hybridized carbons (Fsp3) is 0.200. The lowest BCUT2D eigenvalue weighted by molar-refractivity contribution is 0.476. The van der Waals surface area contributed by atoms with E-state index in [1.807, 2.05) is 23.9 Å². The molecule has 1 heterocycles. The topological polar surface area (TPSA) is 25.2 Å². The highest BCUT2D eigenvalue weighted by Crippen LogP contribution is 2.25. The second-order valence-corrected chi connectivity index (χ2v) is 3.44. The Balaban J connectivity index is 2.80. The molecule has 0 atom stereocenters. The monoisotopic (exact) mass is 193 g/mol. The Morgan fingerprint density at radius 1 is 1.46 bits per heavy atom. The molecule has 2 aromatic rings. The Hall–Kier alpha value is -1.09. The van der Waals surface area contributed by atoms with Gasteiger partial charge < -0.3 is 9.67 Å². The summed E-state index contributed by atoms with van der Waals surface area (Å²) in [7, 11) is 1.97. The van der Waals surface area contributed by atoms with Crippen LogP contribution in [0, 0.1) is 0 Å². The van der Waals surface area contributed by atoms with Crippen molar-refractivity contribution in [1.82, 2.24) is 4.57 Å². The summed E-state index contributed by atoms with van der Waals surface area (Å²) < 4.78 is 2.00. The molecule has 68 valence electrons. The Morgan fingerprint density at radius 2 is 2.23 bits per heavy atom. The number of aromatic hydroxyl groups is 1. The number of hydrogen-bond donors (Lipinski definition) is 2. The van der Waals surface area contributed by atoms with Gasteiger partial charge in [-0.05, 0) is 17.7 Å². The molecule has 0 radical (unpaired) electrons. The van der Waals surface area contributed by atoms with Crippen LogP contribution in [0.4, 0.5) is 0 Å². The van der Waals surface area contributed by atoms with Crippen LogP contribution in [0.5, 0.6) is 5.75 Å². The summed E-state index contributed by atoms with van der Waals surface area (Å²) in [6.07, 6.45) is 2.04. The predicted octanol–water partition coefficient (Wildman–Crippen LogP) is 2.31. The van der Waals surface area contributed by atoms with Gasteiger partial charge in [0.15, 0.2) is 0 Å². The number of rotatable bonds is 1.